The van der Waals surface area contributed by atoms with E-state index >= 15 is 0 Å². The van der Waals surface area contributed by atoms with E-state index in [1.807, 2.05) is 24.3 Å². The zero-order chi connectivity index (χ0) is 21.3. The number of hydrogen-bond donors (Lipinski definition) is 1. The Morgan fingerprint density at radius 2 is 1.74 bits per heavy atom. The number of morpholine rings is 1. The summed E-state index contributed by atoms with van der Waals surface area (Å²) in [6, 6.07) is 12.3. The molecule has 1 aliphatic carbocycles. The van der Waals surface area contributed by atoms with Gasteiger partial charge in [0.05, 0.1) is 18.6 Å². The molecule has 3 aliphatic rings. The number of nitrogens with one attached hydrogen (secondary N) is 1. The van der Waals surface area contributed by atoms with E-state index in [0.717, 1.165) is 80.3 Å². The molecular formula is C25H30N2O4. The summed E-state index contributed by atoms with van der Waals surface area (Å²) in [6.07, 6.45) is 4.98. The molecule has 2 fully saturated rings. The lowest BCUT2D eigenvalue weighted by Crippen LogP contribution is -2.42. The third kappa shape index (κ3) is 3.85. The van der Waals surface area contributed by atoms with E-state index in [0.29, 0.717) is 0 Å². The maximum Gasteiger partial charge on any atom is 0.235 e. The first kappa shape index (κ1) is 20.2. The Morgan fingerprint density at radius 1 is 0.968 bits per heavy atom. The number of carbonyl (C=O) groups is 1. The summed E-state index contributed by atoms with van der Waals surface area (Å²) in [7, 11) is 0. The fourth-order valence-electron chi connectivity index (χ4n) is 5.04. The topological polar surface area (TPSA) is 60.0 Å². The van der Waals surface area contributed by atoms with Crippen LogP contribution in [0, 0.1) is 6.92 Å². The maximum atomic E-state index is 13.7. The number of benzene rings is 2. The molecule has 164 valence electrons. The maximum absolute atomic E-state index is 13.7. The summed E-state index contributed by atoms with van der Waals surface area (Å²) in [5.41, 5.74) is 3.63. The molecule has 1 saturated heterocycles. The Labute approximate surface area is 183 Å². The van der Waals surface area contributed by atoms with Gasteiger partial charge in [-0.15, -0.1) is 0 Å². The van der Waals surface area contributed by atoms with Crippen molar-refractivity contribution in [2.45, 2.75) is 44.4 Å². The highest BCUT2D eigenvalue weighted by atomic mass is 16.7. The summed E-state index contributed by atoms with van der Waals surface area (Å²) < 4.78 is 16.5. The van der Waals surface area contributed by atoms with Gasteiger partial charge in [0.2, 0.25) is 12.7 Å². The van der Waals surface area contributed by atoms with Gasteiger partial charge in [-0.2, -0.15) is 0 Å². The minimum atomic E-state index is -0.533. The second-order valence-electron chi connectivity index (χ2n) is 8.76. The number of nitrogens with zero attached hydrogens (tertiary/aromatic N) is 1. The molecule has 0 spiro atoms. The largest absolute Gasteiger partial charge is 0.454 e. The van der Waals surface area contributed by atoms with Crippen LogP contribution in [-0.4, -0.2) is 39.0 Å². The zero-order valence-corrected chi connectivity index (χ0v) is 18.1. The standard InChI is InChI=1S/C25H30N2O4/c1-18-15-20(27-11-13-29-14-12-27)6-7-21(18)26-24(28)25(9-3-2-4-10-25)19-5-8-22-23(16-19)31-17-30-22/h5-8,15-16H,2-4,9-14,17H2,1H3,(H,26,28). The summed E-state index contributed by atoms with van der Waals surface area (Å²) >= 11 is 0. The summed E-state index contributed by atoms with van der Waals surface area (Å²) in [6.45, 7) is 5.63. The number of anilines is 2. The first-order valence-corrected chi connectivity index (χ1v) is 11.3. The van der Waals surface area contributed by atoms with Crippen molar-refractivity contribution >= 4 is 17.3 Å². The molecule has 2 aromatic rings. The monoisotopic (exact) mass is 422 g/mol. The minimum absolute atomic E-state index is 0.0771. The first-order chi connectivity index (χ1) is 15.2. The van der Waals surface area contributed by atoms with Crippen LogP contribution in [0.3, 0.4) is 0 Å². The molecule has 5 rings (SSSR count). The summed E-state index contributed by atoms with van der Waals surface area (Å²) in [5, 5.41) is 3.26. The van der Waals surface area contributed by atoms with E-state index < -0.39 is 5.41 Å². The van der Waals surface area contributed by atoms with E-state index in [4.69, 9.17) is 14.2 Å². The lowest BCUT2D eigenvalue weighted by molar-refractivity contribution is -0.122. The van der Waals surface area contributed by atoms with Crippen LogP contribution in [-0.2, 0) is 14.9 Å². The molecule has 1 N–H and O–H groups in total. The van der Waals surface area contributed by atoms with E-state index in [1.165, 1.54) is 12.1 Å². The number of fused-ring (bicyclic) bond motifs is 1. The highest BCUT2D eigenvalue weighted by molar-refractivity contribution is 6.00. The molecule has 2 aliphatic heterocycles. The predicted molar refractivity (Wildman–Crippen MR) is 120 cm³/mol. The van der Waals surface area contributed by atoms with Crippen molar-refractivity contribution in [2.75, 3.05) is 43.3 Å². The van der Waals surface area contributed by atoms with Crippen molar-refractivity contribution in [1.82, 2.24) is 0 Å². The van der Waals surface area contributed by atoms with Gasteiger partial charge in [-0.1, -0.05) is 25.3 Å². The number of ether oxygens (including phenoxy) is 3. The van der Waals surface area contributed by atoms with Crippen molar-refractivity contribution in [2.24, 2.45) is 0 Å². The molecule has 0 radical (unpaired) electrons. The Morgan fingerprint density at radius 3 is 2.52 bits per heavy atom. The Bertz CT molecular complexity index is 962. The smallest absolute Gasteiger partial charge is 0.235 e. The van der Waals surface area contributed by atoms with Crippen LogP contribution in [0.25, 0.3) is 0 Å². The van der Waals surface area contributed by atoms with Crippen molar-refractivity contribution in [3.63, 3.8) is 0 Å². The van der Waals surface area contributed by atoms with Crippen LogP contribution in [0.1, 0.15) is 43.2 Å². The van der Waals surface area contributed by atoms with Gasteiger partial charge >= 0.3 is 0 Å². The van der Waals surface area contributed by atoms with Crippen LogP contribution in [0.4, 0.5) is 11.4 Å². The molecular weight excluding hydrogens is 392 g/mol. The molecule has 6 nitrogen and oxygen atoms in total. The average Bonchev–Trinajstić information content (AvgIpc) is 3.29. The van der Waals surface area contributed by atoms with Gasteiger partial charge < -0.3 is 24.4 Å². The molecule has 0 bridgehead atoms. The molecule has 1 amide bonds. The minimum Gasteiger partial charge on any atom is -0.454 e. The number of carbonyl (C=O) groups excluding carboxylic acids is 1. The number of aryl methyl sites for hydroxylation is 1. The lowest BCUT2D eigenvalue weighted by Gasteiger charge is -2.36. The van der Waals surface area contributed by atoms with Crippen molar-refractivity contribution in [3.05, 3.63) is 47.5 Å². The fourth-order valence-corrected chi connectivity index (χ4v) is 5.04. The molecule has 1 saturated carbocycles. The molecule has 2 aromatic carbocycles. The number of rotatable bonds is 4. The second kappa shape index (κ2) is 8.42. The van der Waals surface area contributed by atoms with Gasteiger partial charge in [-0.05, 0) is 61.2 Å². The highest BCUT2D eigenvalue weighted by Gasteiger charge is 2.42. The lowest BCUT2D eigenvalue weighted by atomic mass is 9.68. The highest BCUT2D eigenvalue weighted by Crippen LogP contribution is 2.44. The number of amides is 1. The second-order valence-corrected chi connectivity index (χ2v) is 8.76. The van der Waals surface area contributed by atoms with Gasteiger partial charge in [0.15, 0.2) is 11.5 Å². The van der Waals surface area contributed by atoms with Crippen LogP contribution in [0.15, 0.2) is 36.4 Å². The van der Waals surface area contributed by atoms with Gasteiger partial charge in [-0.25, -0.2) is 0 Å². The van der Waals surface area contributed by atoms with Crippen LogP contribution in [0.2, 0.25) is 0 Å². The van der Waals surface area contributed by atoms with E-state index in [2.05, 4.69) is 29.3 Å². The average molecular weight is 423 g/mol. The molecule has 6 heteroatoms. The van der Waals surface area contributed by atoms with E-state index in [9.17, 15) is 4.79 Å². The van der Waals surface area contributed by atoms with Crippen LogP contribution in [0.5, 0.6) is 11.5 Å². The van der Waals surface area contributed by atoms with Crippen molar-refractivity contribution in [3.8, 4) is 11.5 Å². The van der Waals surface area contributed by atoms with Gasteiger partial charge in [0, 0.05) is 24.5 Å². The van der Waals surface area contributed by atoms with E-state index in [1.54, 1.807) is 0 Å². The SMILES string of the molecule is Cc1cc(N2CCOCC2)ccc1NC(=O)C1(c2ccc3c(c2)OCO3)CCCCC1. The molecule has 0 aromatic heterocycles. The van der Waals surface area contributed by atoms with E-state index in [-0.39, 0.29) is 12.7 Å². The van der Waals surface area contributed by atoms with Gasteiger partial charge in [0.25, 0.3) is 0 Å². The summed E-state index contributed by atoms with van der Waals surface area (Å²) in [5.74, 6) is 1.57. The Hall–Kier alpha value is -2.73. The van der Waals surface area contributed by atoms with Crippen molar-refractivity contribution < 1.29 is 19.0 Å². The van der Waals surface area contributed by atoms with Gasteiger partial charge in [-0.3, -0.25) is 4.79 Å². The third-order valence-electron chi connectivity index (χ3n) is 6.90. The normalized spacial score (nSPS) is 19.8. The molecule has 31 heavy (non-hydrogen) atoms. The van der Waals surface area contributed by atoms with Crippen LogP contribution < -0.4 is 19.7 Å². The van der Waals surface area contributed by atoms with Crippen molar-refractivity contribution in [1.29, 1.82) is 0 Å². The van der Waals surface area contributed by atoms with Crippen LogP contribution >= 0.6 is 0 Å². The fraction of sp³-hybridized carbons (Fsp3) is 0.480. The third-order valence-corrected chi connectivity index (χ3v) is 6.90. The predicted octanol–water partition coefficient (Wildman–Crippen LogP) is 4.40. The quantitative estimate of drug-likeness (QED) is 0.791. The first-order valence-electron chi connectivity index (χ1n) is 11.3. The zero-order valence-electron chi connectivity index (χ0n) is 18.1. The molecule has 0 atom stereocenters. The molecule has 2 heterocycles. The summed E-state index contributed by atoms with van der Waals surface area (Å²) in [4.78, 5) is 16.0. The van der Waals surface area contributed by atoms with Gasteiger partial charge in [0.1, 0.15) is 0 Å². The molecule has 0 unspecified atom stereocenters. The number of hydrogen-bond acceptors (Lipinski definition) is 5. The Kier molecular flexibility index (Phi) is 5.48. The Balaban J connectivity index is 1.40.